The lowest BCUT2D eigenvalue weighted by Crippen LogP contribution is -2.44. The van der Waals surface area contributed by atoms with E-state index in [2.05, 4.69) is 63.9 Å². The Morgan fingerprint density at radius 2 is 2.08 bits per heavy atom. The highest BCUT2D eigenvalue weighted by Gasteiger charge is 2.19. The largest absolute Gasteiger partial charge is 0.364 e. The van der Waals surface area contributed by atoms with E-state index in [1.807, 2.05) is 7.05 Å². The van der Waals surface area contributed by atoms with Crippen molar-refractivity contribution in [3.05, 3.63) is 42.0 Å². The van der Waals surface area contributed by atoms with Crippen LogP contribution in [0.5, 0.6) is 0 Å². The number of guanidine groups is 1. The second kappa shape index (κ2) is 8.22. The minimum absolute atomic E-state index is 0.557. The summed E-state index contributed by atoms with van der Waals surface area (Å²) >= 11 is 0. The molecule has 1 saturated carbocycles. The van der Waals surface area contributed by atoms with Crippen molar-refractivity contribution in [2.75, 3.05) is 25.0 Å². The summed E-state index contributed by atoms with van der Waals surface area (Å²) in [6.45, 7) is 5.18. The fraction of sp³-hybridized carbons (Fsp3) is 0.550. The Balaban J connectivity index is 1.53. The van der Waals surface area contributed by atoms with E-state index in [4.69, 9.17) is 0 Å². The molecule has 1 aromatic rings. The van der Waals surface area contributed by atoms with Crippen LogP contribution >= 0.6 is 0 Å². The van der Waals surface area contributed by atoms with Crippen LogP contribution in [-0.2, 0) is 6.54 Å². The zero-order valence-corrected chi connectivity index (χ0v) is 15.0. The summed E-state index contributed by atoms with van der Waals surface area (Å²) < 4.78 is 0. The van der Waals surface area contributed by atoms with Crippen LogP contribution in [0.1, 0.15) is 38.2 Å². The van der Waals surface area contributed by atoms with Gasteiger partial charge in [0.25, 0.3) is 0 Å². The molecule has 1 aliphatic heterocycles. The number of rotatable bonds is 4. The molecule has 0 spiro atoms. The molecule has 0 radical (unpaired) electrons. The van der Waals surface area contributed by atoms with Crippen molar-refractivity contribution in [2.45, 2.75) is 45.2 Å². The third kappa shape index (κ3) is 4.53. The first-order valence-corrected chi connectivity index (χ1v) is 9.20. The number of hydrogen-bond acceptors (Lipinski definition) is 2. The highest BCUT2D eigenvalue weighted by Crippen LogP contribution is 2.23. The minimum Gasteiger partial charge on any atom is -0.364 e. The van der Waals surface area contributed by atoms with Crippen LogP contribution in [0.15, 0.2) is 41.4 Å². The fourth-order valence-electron chi connectivity index (χ4n) is 3.69. The van der Waals surface area contributed by atoms with Gasteiger partial charge in [0.2, 0.25) is 0 Å². The van der Waals surface area contributed by atoms with Crippen molar-refractivity contribution in [2.24, 2.45) is 10.9 Å². The summed E-state index contributed by atoms with van der Waals surface area (Å²) in [7, 11) is 1.86. The summed E-state index contributed by atoms with van der Waals surface area (Å²) in [6.07, 6.45) is 9.63. The number of nitrogens with one attached hydrogen (secondary N) is 2. The molecule has 2 atom stereocenters. The maximum absolute atomic E-state index is 4.40. The quantitative estimate of drug-likeness (QED) is 0.507. The zero-order valence-electron chi connectivity index (χ0n) is 15.0. The molecule has 1 fully saturated rings. The Labute approximate surface area is 146 Å². The number of aliphatic imine (C=N–C) groups is 1. The second-order valence-corrected chi connectivity index (χ2v) is 7.09. The molecule has 4 nitrogen and oxygen atoms in total. The first-order chi connectivity index (χ1) is 11.7. The predicted octanol–water partition coefficient (Wildman–Crippen LogP) is 3.31. The van der Waals surface area contributed by atoms with E-state index in [9.17, 15) is 0 Å². The van der Waals surface area contributed by atoms with Gasteiger partial charge >= 0.3 is 0 Å². The van der Waals surface area contributed by atoms with Crippen LogP contribution in [-0.4, -0.2) is 32.1 Å². The van der Waals surface area contributed by atoms with E-state index in [0.29, 0.717) is 6.04 Å². The molecule has 1 heterocycles. The van der Waals surface area contributed by atoms with Crippen LogP contribution in [0, 0.1) is 5.92 Å². The Bertz CT molecular complexity index is 585. The van der Waals surface area contributed by atoms with Crippen molar-refractivity contribution in [3.8, 4) is 0 Å². The lowest BCUT2D eigenvalue weighted by molar-refractivity contribution is 0.324. The predicted molar refractivity (Wildman–Crippen MR) is 103 cm³/mol. The Hall–Kier alpha value is -1.97. The highest BCUT2D eigenvalue weighted by atomic mass is 15.2. The SMILES string of the molecule is CN=C(NCc1cccc(N2CC=CC2)c1)NC1CCCC(C)C1. The van der Waals surface area contributed by atoms with Crippen LogP contribution in [0.3, 0.4) is 0 Å². The third-order valence-corrected chi connectivity index (χ3v) is 5.05. The zero-order chi connectivity index (χ0) is 16.8. The van der Waals surface area contributed by atoms with Gasteiger partial charge in [-0.1, -0.05) is 44.1 Å². The molecule has 0 saturated heterocycles. The van der Waals surface area contributed by atoms with Gasteiger partial charge in [0.1, 0.15) is 0 Å². The molecule has 0 amide bonds. The van der Waals surface area contributed by atoms with E-state index in [0.717, 1.165) is 31.5 Å². The van der Waals surface area contributed by atoms with Crippen LogP contribution in [0.2, 0.25) is 0 Å². The lowest BCUT2D eigenvalue weighted by Gasteiger charge is -2.28. The van der Waals surface area contributed by atoms with Gasteiger partial charge in [-0.3, -0.25) is 4.99 Å². The molecular weight excluding hydrogens is 296 g/mol. The second-order valence-electron chi connectivity index (χ2n) is 7.09. The molecule has 3 rings (SSSR count). The van der Waals surface area contributed by atoms with Gasteiger partial charge in [-0.2, -0.15) is 0 Å². The van der Waals surface area contributed by atoms with E-state index in [1.54, 1.807) is 0 Å². The normalized spacial score (nSPS) is 24.2. The summed E-state index contributed by atoms with van der Waals surface area (Å²) in [4.78, 5) is 6.77. The summed E-state index contributed by atoms with van der Waals surface area (Å²) in [6, 6.07) is 9.34. The van der Waals surface area contributed by atoms with Crippen molar-refractivity contribution >= 4 is 11.6 Å². The van der Waals surface area contributed by atoms with Gasteiger partial charge < -0.3 is 15.5 Å². The smallest absolute Gasteiger partial charge is 0.191 e. The molecule has 1 aliphatic carbocycles. The van der Waals surface area contributed by atoms with Gasteiger partial charge in [0, 0.05) is 38.4 Å². The molecule has 130 valence electrons. The Morgan fingerprint density at radius 3 is 2.83 bits per heavy atom. The van der Waals surface area contributed by atoms with Gasteiger partial charge in [-0.05, 0) is 36.5 Å². The third-order valence-electron chi connectivity index (χ3n) is 5.05. The molecule has 1 aromatic carbocycles. The molecule has 2 aliphatic rings. The molecule has 24 heavy (non-hydrogen) atoms. The fourth-order valence-corrected chi connectivity index (χ4v) is 3.69. The van der Waals surface area contributed by atoms with Crippen molar-refractivity contribution < 1.29 is 0 Å². The summed E-state index contributed by atoms with van der Waals surface area (Å²) in [5.74, 6) is 1.74. The Kier molecular flexibility index (Phi) is 5.78. The van der Waals surface area contributed by atoms with E-state index >= 15 is 0 Å². The monoisotopic (exact) mass is 326 g/mol. The average molecular weight is 326 g/mol. The average Bonchev–Trinajstić information content (AvgIpc) is 3.13. The molecule has 0 aromatic heterocycles. The minimum atomic E-state index is 0.557. The van der Waals surface area contributed by atoms with Crippen LogP contribution in [0.4, 0.5) is 5.69 Å². The lowest BCUT2D eigenvalue weighted by atomic mass is 9.87. The van der Waals surface area contributed by atoms with Crippen LogP contribution in [0.25, 0.3) is 0 Å². The standard InChI is InChI=1S/C20H30N4/c1-16-7-5-9-18(13-16)23-20(21-2)22-15-17-8-6-10-19(14-17)24-11-3-4-12-24/h3-4,6,8,10,14,16,18H,5,7,9,11-13,15H2,1-2H3,(H2,21,22,23). The van der Waals surface area contributed by atoms with E-state index < -0.39 is 0 Å². The molecule has 0 bridgehead atoms. The summed E-state index contributed by atoms with van der Waals surface area (Å²) in [5, 5.41) is 7.06. The molecule has 2 N–H and O–H groups in total. The topological polar surface area (TPSA) is 39.7 Å². The van der Waals surface area contributed by atoms with Gasteiger partial charge in [-0.15, -0.1) is 0 Å². The Morgan fingerprint density at radius 1 is 1.25 bits per heavy atom. The first-order valence-electron chi connectivity index (χ1n) is 9.20. The number of nitrogens with zero attached hydrogens (tertiary/aromatic N) is 2. The maximum Gasteiger partial charge on any atom is 0.191 e. The first kappa shape index (κ1) is 16.9. The number of benzene rings is 1. The van der Waals surface area contributed by atoms with Gasteiger partial charge in [0.05, 0.1) is 0 Å². The summed E-state index contributed by atoms with van der Waals surface area (Å²) in [5.41, 5.74) is 2.59. The van der Waals surface area contributed by atoms with Crippen molar-refractivity contribution in [1.82, 2.24) is 10.6 Å². The number of hydrogen-bond donors (Lipinski definition) is 2. The maximum atomic E-state index is 4.40. The van der Waals surface area contributed by atoms with Crippen molar-refractivity contribution in [1.29, 1.82) is 0 Å². The molecular formula is C20H30N4. The highest BCUT2D eigenvalue weighted by molar-refractivity contribution is 5.80. The van der Waals surface area contributed by atoms with Crippen LogP contribution < -0.4 is 15.5 Å². The molecule has 2 unspecified atom stereocenters. The van der Waals surface area contributed by atoms with Gasteiger partial charge in [-0.25, -0.2) is 0 Å². The molecule has 4 heteroatoms. The van der Waals surface area contributed by atoms with Gasteiger partial charge in [0.15, 0.2) is 5.96 Å². The van der Waals surface area contributed by atoms with E-state index in [1.165, 1.54) is 36.9 Å². The van der Waals surface area contributed by atoms with E-state index in [-0.39, 0.29) is 0 Å². The van der Waals surface area contributed by atoms with Crippen molar-refractivity contribution in [3.63, 3.8) is 0 Å². The number of anilines is 1.